The maximum absolute atomic E-state index is 11.7. The van der Waals surface area contributed by atoms with Crippen molar-refractivity contribution in [3.63, 3.8) is 0 Å². The van der Waals surface area contributed by atoms with Crippen molar-refractivity contribution in [3.8, 4) is 6.07 Å². The van der Waals surface area contributed by atoms with E-state index >= 15 is 0 Å². The molecule has 4 heteroatoms. The van der Waals surface area contributed by atoms with Gasteiger partial charge in [0.1, 0.15) is 0 Å². The molecule has 0 saturated heterocycles. The number of carbonyl (C=O) groups excluding carboxylic acids is 1. The number of hydrogen-bond acceptors (Lipinski definition) is 3. The molecule has 0 aliphatic rings. The Morgan fingerprint density at radius 1 is 1.44 bits per heavy atom. The first-order valence-corrected chi connectivity index (χ1v) is 6.14. The van der Waals surface area contributed by atoms with Gasteiger partial charge in [0.2, 0.25) is 0 Å². The molecular weight excluding hydrogens is 228 g/mol. The molecule has 1 aromatic rings. The minimum Gasteiger partial charge on any atom is -0.381 e. The van der Waals surface area contributed by atoms with Gasteiger partial charge >= 0.3 is 0 Å². The van der Waals surface area contributed by atoms with E-state index < -0.39 is 0 Å². The van der Waals surface area contributed by atoms with Crippen molar-refractivity contribution in [3.05, 3.63) is 35.4 Å². The summed E-state index contributed by atoms with van der Waals surface area (Å²) in [5.41, 5.74) is 1.01. The van der Waals surface area contributed by atoms with Crippen molar-refractivity contribution in [2.45, 2.75) is 19.8 Å². The van der Waals surface area contributed by atoms with E-state index in [0.29, 0.717) is 24.3 Å². The van der Waals surface area contributed by atoms with E-state index in [1.807, 2.05) is 6.07 Å². The summed E-state index contributed by atoms with van der Waals surface area (Å²) in [7, 11) is 0. The Labute approximate surface area is 108 Å². The predicted molar refractivity (Wildman–Crippen MR) is 69.2 cm³/mol. The molecule has 4 nitrogen and oxygen atoms in total. The zero-order chi connectivity index (χ0) is 13.2. The first-order valence-electron chi connectivity index (χ1n) is 6.14. The number of rotatable bonds is 7. The SMILES string of the molecule is CCCOCCCNC(=O)c1cccc(C#N)c1. The van der Waals surface area contributed by atoms with Gasteiger partial charge in [0.25, 0.3) is 5.91 Å². The van der Waals surface area contributed by atoms with Crippen molar-refractivity contribution in [2.75, 3.05) is 19.8 Å². The molecule has 18 heavy (non-hydrogen) atoms. The molecule has 0 fully saturated rings. The second-order valence-electron chi connectivity index (χ2n) is 3.91. The Morgan fingerprint density at radius 2 is 2.28 bits per heavy atom. The smallest absolute Gasteiger partial charge is 0.251 e. The van der Waals surface area contributed by atoms with Gasteiger partial charge < -0.3 is 10.1 Å². The van der Waals surface area contributed by atoms with Crippen LogP contribution in [0.2, 0.25) is 0 Å². The normalized spacial score (nSPS) is 9.78. The number of ether oxygens (including phenoxy) is 1. The Kier molecular flexibility index (Phi) is 6.52. The number of carbonyl (C=O) groups is 1. The van der Waals surface area contributed by atoms with E-state index in [2.05, 4.69) is 12.2 Å². The number of nitrogens with one attached hydrogen (secondary N) is 1. The van der Waals surface area contributed by atoms with Gasteiger partial charge in [-0.15, -0.1) is 0 Å². The molecule has 96 valence electrons. The zero-order valence-corrected chi connectivity index (χ0v) is 10.6. The molecule has 0 bridgehead atoms. The molecule has 1 amide bonds. The van der Waals surface area contributed by atoms with Gasteiger partial charge in [0, 0.05) is 25.3 Å². The van der Waals surface area contributed by atoms with Crippen LogP contribution in [0.25, 0.3) is 0 Å². The minimum atomic E-state index is -0.150. The lowest BCUT2D eigenvalue weighted by molar-refractivity contribution is 0.0941. The lowest BCUT2D eigenvalue weighted by Gasteiger charge is -2.05. The maximum atomic E-state index is 11.7. The van der Waals surface area contributed by atoms with E-state index in [0.717, 1.165) is 19.4 Å². The molecule has 0 aromatic heterocycles. The molecule has 1 N–H and O–H groups in total. The third-order valence-electron chi connectivity index (χ3n) is 2.35. The molecule has 0 atom stereocenters. The highest BCUT2D eigenvalue weighted by Gasteiger charge is 2.04. The molecule has 0 unspecified atom stereocenters. The lowest BCUT2D eigenvalue weighted by Crippen LogP contribution is -2.25. The Bertz CT molecular complexity index is 424. The summed E-state index contributed by atoms with van der Waals surface area (Å²) < 4.78 is 5.31. The number of amides is 1. The van der Waals surface area contributed by atoms with Gasteiger partial charge in [-0.1, -0.05) is 13.0 Å². The van der Waals surface area contributed by atoms with Gasteiger partial charge in [0.05, 0.1) is 11.6 Å². The van der Waals surface area contributed by atoms with Crippen molar-refractivity contribution in [2.24, 2.45) is 0 Å². The van der Waals surface area contributed by atoms with Gasteiger partial charge in [-0.2, -0.15) is 5.26 Å². The zero-order valence-electron chi connectivity index (χ0n) is 10.6. The topological polar surface area (TPSA) is 62.1 Å². The van der Waals surface area contributed by atoms with Crippen LogP contribution in [-0.2, 0) is 4.74 Å². The first kappa shape index (κ1) is 14.2. The summed E-state index contributed by atoms with van der Waals surface area (Å²) in [5.74, 6) is -0.150. The highest BCUT2D eigenvalue weighted by molar-refractivity contribution is 5.94. The number of nitriles is 1. The summed E-state index contributed by atoms with van der Waals surface area (Å²) in [6, 6.07) is 8.68. The Morgan fingerprint density at radius 3 is 3.00 bits per heavy atom. The quantitative estimate of drug-likeness (QED) is 0.749. The van der Waals surface area contributed by atoms with E-state index in [9.17, 15) is 4.79 Å². The van der Waals surface area contributed by atoms with E-state index in [1.165, 1.54) is 0 Å². The Hall–Kier alpha value is -1.86. The third-order valence-corrected chi connectivity index (χ3v) is 2.35. The number of benzene rings is 1. The summed E-state index contributed by atoms with van der Waals surface area (Å²) >= 11 is 0. The van der Waals surface area contributed by atoms with Crippen molar-refractivity contribution >= 4 is 5.91 Å². The van der Waals surface area contributed by atoms with Crippen LogP contribution in [-0.4, -0.2) is 25.7 Å². The van der Waals surface area contributed by atoms with Crippen molar-refractivity contribution in [1.29, 1.82) is 5.26 Å². The van der Waals surface area contributed by atoms with Crippen LogP contribution in [0.5, 0.6) is 0 Å². The summed E-state index contributed by atoms with van der Waals surface area (Å²) in [5, 5.41) is 11.5. The largest absolute Gasteiger partial charge is 0.381 e. The summed E-state index contributed by atoms with van der Waals surface area (Å²) in [6.07, 6.45) is 1.80. The number of nitrogens with zero attached hydrogens (tertiary/aromatic N) is 1. The average molecular weight is 246 g/mol. The Balaban J connectivity index is 2.30. The molecule has 0 aliphatic carbocycles. The molecule has 1 aromatic carbocycles. The highest BCUT2D eigenvalue weighted by atomic mass is 16.5. The molecule has 0 spiro atoms. The number of hydrogen-bond donors (Lipinski definition) is 1. The van der Waals surface area contributed by atoms with E-state index in [4.69, 9.17) is 10.00 Å². The maximum Gasteiger partial charge on any atom is 0.251 e. The lowest BCUT2D eigenvalue weighted by atomic mass is 10.1. The van der Waals surface area contributed by atoms with Crippen molar-refractivity contribution < 1.29 is 9.53 Å². The standard InChI is InChI=1S/C14H18N2O2/c1-2-8-18-9-4-7-16-14(17)13-6-3-5-12(10-13)11-15/h3,5-6,10H,2,4,7-9H2,1H3,(H,16,17). The van der Waals surface area contributed by atoms with Gasteiger partial charge in [0.15, 0.2) is 0 Å². The van der Waals surface area contributed by atoms with Crippen molar-refractivity contribution in [1.82, 2.24) is 5.32 Å². The van der Waals surface area contributed by atoms with Crippen LogP contribution < -0.4 is 5.32 Å². The average Bonchev–Trinajstić information content (AvgIpc) is 2.42. The summed E-state index contributed by atoms with van der Waals surface area (Å²) in [4.78, 5) is 11.7. The van der Waals surface area contributed by atoms with Crippen LogP contribution in [0.1, 0.15) is 35.7 Å². The third kappa shape index (κ3) is 4.98. The minimum absolute atomic E-state index is 0.150. The second-order valence-corrected chi connectivity index (χ2v) is 3.91. The molecule has 0 radical (unpaired) electrons. The van der Waals surface area contributed by atoms with Crippen LogP contribution in [0.3, 0.4) is 0 Å². The van der Waals surface area contributed by atoms with Gasteiger partial charge in [-0.3, -0.25) is 4.79 Å². The molecule has 1 rings (SSSR count). The summed E-state index contributed by atoms with van der Waals surface area (Å²) in [6.45, 7) is 4.06. The van der Waals surface area contributed by atoms with E-state index in [1.54, 1.807) is 24.3 Å². The molecular formula is C14H18N2O2. The predicted octanol–water partition coefficient (Wildman–Crippen LogP) is 2.10. The van der Waals surface area contributed by atoms with Gasteiger partial charge in [-0.25, -0.2) is 0 Å². The van der Waals surface area contributed by atoms with Crippen LogP contribution in [0.15, 0.2) is 24.3 Å². The van der Waals surface area contributed by atoms with Crippen LogP contribution >= 0.6 is 0 Å². The van der Waals surface area contributed by atoms with E-state index in [-0.39, 0.29) is 5.91 Å². The van der Waals surface area contributed by atoms with Crippen LogP contribution in [0, 0.1) is 11.3 Å². The fraction of sp³-hybridized carbons (Fsp3) is 0.429. The fourth-order valence-corrected chi connectivity index (χ4v) is 1.45. The fourth-order valence-electron chi connectivity index (χ4n) is 1.45. The molecule has 0 aliphatic heterocycles. The monoisotopic (exact) mass is 246 g/mol. The molecule has 0 heterocycles. The second kappa shape index (κ2) is 8.26. The van der Waals surface area contributed by atoms with Gasteiger partial charge in [-0.05, 0) is 31.0 Å². The van der Waals surface area contributed by atoms with Crippen LogP contribution in [0.4, 0.5) is 0 Å². The first-order chi connectivity index (χ1) is 8.77. The molecule has 0 saturated carbocycles. The highest BCUT2D eigenvalue weighted by Crippen LogP contribution is 2.03.